The number of anilines is 2. The van der Waals surface area contributed by atoms with Crippen LogP contribution in [0, 0.1) is 0 Å². The van der Waals surface area contributed by atoms with Crippen LogP contribution in [0.3, 0.4) is 0 Å². The van der Waals surface area contributed by atoms with Crippen LogP contribution in [0.15, 0.2) is 77.4 Å². The molecular formula is C26H31N3O2. The first-order valence-corrected chi connectivity index (χ1v) is 11.2. The smallest absolute Gasteiger partial charge is 0.224 e. The molecule has 5 nitrogen and oxygen atoms in total. The second-order valence-electron chi connectivity index (χ2n) is 8.13. The molecule has 0 saturated carbocycles. The highest BCUT2D eigenvalue weighted by atomic mass is 16.3. The summed E-state index contributed by atoms with van der Waals surface area (Å²) in [6.45, 7) is 3.04. The number of benzene rings is 2. The Morgan fingerprint density at radius 3 is 2.42 bits per heavy atom. The van der Waals surface area contributed by atoms with E-state index in [4.69, 9.17) is 4.42 Å². The van der Waals surface area contributed by atoms with Crippen LogP contribution < -0.4 is 15.5 Å². The molecule has 5 heteroatoms. The second kappa shape index (κ2) is 10.8. The molecule has 0 bridgehead atoms. The van der Waals surface area contributed by atoms with Crippen LogP contribution in [-0.4, -0.2) is 31.6 Å². The Balaban J connectivity index is 1.17. The Bertz CT molecular complexity index is 915. The van der Waals surface area contributed by atoms with Crippen molar-refractivity contribution in [1.29, 1.82) is 0 Å². The molecule has 1 fully saturated rings. The van der Waals surface area contributed by atoms with E-state index in [1.54, 1.807) is 6.26 Å². The molecule has 4 rings (SSSR count). The van der Waals surface area contributed by atoms with E-state index in [1.807, 2.05) is 42.5 Å². The average molecular weight is 418 g/mol. The van der Waals surface area contributed by atoms with Gasteiger partial charge in [0.25, 0.3) is 0 Å². The summed E-state index contributed by atoms with van der Waals surface area (Å²) in [5.41, 5.74) is 3.26. The number of amides is 1. The number of furan rings is 1. The van der Waals surface area contributed by atoms with E-state index >= 15 is 0 Å². The van der Waals surface area contributed by atoms with Gasteiger partial charge in [0.05, 0.1) is 6.26 Å². The van der Waals surface area contributed by atoms with E-state index in [0.29, 0.717) is 12.5 Å². The Morgan fingerprint density at radius 2 is 1.71 bits per heavy atom. The number of hydrogen-bond donors (Lipinski definition) is 2. The van der Waals surface area contributed by atoms with Gasteiger partial charge in [0, 0.05) is 49.9 Å². The van der Waals surface area contributed by atoms with Crippen molar-refractivity contribution in [2.24, 2.45) is 0 Å². The molecule has 162 valence electrons. The van der Waals surface area contributed by atoms with Gasteiger partial charge in [-0.1, -0.05) is 30.3 Å². The van der Waals surface area contributed by atoms with Crippen LogP contribution in [0.5, 0.6) is 0 Å². The quantitative estimate of drug-likeness (QED) is 0.532. The fourth-order valence-electron chi connectivity index (χ4n) is 4.08. The number of hydrogen-bond acceptors (Lipinski definition) is 4. The molecule has 0 radical (unpaired) electrons. The number of rotatable bonds is 9. The summed E-state index contributed by atoms with van der Waals surface area (Å²) in [5.74, 6) is 1.09. The van der Waals surface area contributed by atoms with Crippen molar-refractivity contribution in [3.05, 3.63) is 84.3 Å². The molecule has 3 aromatic rings. The fraction of sp³-hybridized carbons (Fsp3) is 0.346. The lowest BCUT2D eigenvalue weighted by molar-refractivity contribution is -0.116. The first-order chi connectivity index (χ1) is 15.3. The zero-order valence-electron chi connectivity index (χ0n) is 17.9. The average Bonchev–Trinajstić information content (AvgIpc) is 3.33. The SMILES string of the molecule is O=C(CCc1ccccc1)Nc1ccc(N2CCC(NCCc3ccco3)CC2)cc1. The molecule has 1 aliphatic rings. The van der Waals surface area contributed by atoms with Crippen LogP contribution in [0.2, 0.25) is 0 Å². The Labute approximate surface area is 184 Å². The second-order valence-corrected chi connectivity index (χ2v) is 8.13. The number of carbonyl (C=O) groups excluding carboxylic acids is 1. The summed E-state index contributed by atoms with van der Waals surface area (Å²) in [5, 5.41) is 6.66. The molecule has 0 atom stereocenters. The van der Waals surface area contributed by atoms with Gasteiger partial charge in [0.15, 0.2) is 0 Å². The number of piperidine rings is 1. The van der Waals surface area contributed by atoms with Gasteiger partial charge in [-0.25, -0.2) is 0 Å². The topological polar surface area (TPSA) is 57.5 Å². The van der Waals surface area contributed by atoms with Gasteiger partial charge < -0.3 is 20.0 Å². The lowest BCUT2D eigenvalue weighted by Gasteiger charge is -2.34. The van der Waals surface area contributed by atoms with Crippen molar-refractivity contribution < 1.29 is 9.21 Å². The van der Waals surface area contributed by atoms with Crippen molar-refractivity contribution in [3.8, 4) is 0 Å². The number of aryl methyl sites for hydroxylation is 1. The fourth-order valence-corrected chi connectivity index (χ4v) is 4.08. The molecule has 31 heavy (non-hydrogen) atoms. The molecule has 1 amide bonds. The molecule has 2 aromatic carbocycles. The molecule has 1 saturated heterocycles. The van der Waals surface area contributed by atoms with Crippen molar-refractivity contribution in [2.45, 2.75) is 38.1 Å². The Kier molecular flexibility index (Phi) is 7.40. The maximum absolute atomic E-state index is 12.2. The highest BCUT2D eigenvalue weighted by molar-refractivity contribution is 5.91. The van der Waals surface area contributed by atoms with Crippen LogP contribution >= 0.6 is 0 Å². The molecular weight excluding hydrogens is 386 g/mol. The molecule has 0 aliphatic carbocycles. The third-order valence-electron chi connectivity index (χ3n) is 5.88. The van der Waals surface area contributed by atoms with Gasteiger partial charge in [-0.05, 0) is 61.2 Å². The first kappa shape index (κ1) is 21.2. The van der Waals surface area contributed by atoms with Gasteiger partial charge >= 0.3 is 0 Å². The van der Waals surface area contributed by atoms with E-state index in [9.17, 15) is 4.79 Å². The van der Waals surface area contributed by atoms with E-state index in [2.05, 4.69) is 39.8 Å². The third kappa shape index (κ3) is 6.46. The van der Waals surface area contributed by atoms with Crippen LogP contribution in [0.25, 0.3) is 0 Å². The van der Waals surface area contributed by atoms with Crippen LogP contribution in [0.1, 0.15) is 30.6 Å². The minimum atomic E-state index is 0.0537. The van der Waals surface area contributed by atoms with Crippen molar-refractivity contribution >= 4 is 17.3 Å². The summed E-state index contributed by atoms with van der Waals surface area (Å²) < 4.78 is 5.39. The van der Waals surface area contributed by atoms with E-state index < -0.39 is 0 Å². The molecule has 2 N–H and O–H groups in total. The Hall–Kier alpha value is -3.05. The van der Waals surface area contributed by atoms with Crippen molar-refractivity contribution in [1.82, 2.24) is 5.32 Å². The van der Waals surface area contributed by atoms with Gasteiger partial charge in [-0.3, -0.25) is 4.79 Å². The molecule has 0 unspecified atom stereocenters. The standard InChI is InChI=1S/C26H31N3O2/c30-26(13-8-21-5-2-1-3-6-21)28-23-9-11-24(12-10-23)29-18-15-22(16-19-29)27-17-14-25-7-4-20-31-25/h1-7,9-12,20,22,27H,8,13-19H2,(H,28,30). The number of nitrogens with zero attached hydrogens (tertiary/aromatic N) is 1. The maximum atomic E-state index is 12.2. The van der Waals surface area contributed by atoms with Gasteiger partial charge in [-0.2, -0.15) is 0 Å². The van der Waals surface area contributed by atoms with E-state index in [0.717, 1.165) is 56.8 Å². The van der Waals surface area contributed by atoms with Crippen LogP contribution in [0.4, 0.5) is 11.4 Å². The predicted molar refractivity (Wildman–Crippen MR) is 125 cm³/mol. The summed E-state index contributed by atoms with van der Waals surface area (Å²) in [6.07, 6.45) is 6.19. The summed E-state index contributed by atoms with van der Waals surface area (Å²) in [6, 6.07) is 22.9. The van der Waals surface area contributed by atoms with E-state index in [-0.39, 0.29) is 5.91 Å². The minimum absolute atomic E-state index is 0.0537. The summed E-state index contributed by atoms with van der Waals surface area (Å²) in [4.78, 5) is 14.7. The molecule has 1 aromatic heterocycles. The largest absolute Gasteiger partial charge is 0.469 e. The van der Waals surface area contributed by atoms with Crippen LogP contribution in [-0.2, 0) is 17.6 Å². The van der Waals surface area contributed by atoms with Gasteiger partial charge in [-0.15, -0.1) is 0 Å². The summed E-state index contributed by atoms with van der Waals surface area (Å²) in [7, 11) is 0. The van der Waals surface area contributed by atoms with Gasteiger partial charge in [0.1, 0.15) is 5.76 Å². The zero-order chi connectivity index (χ0) is 21.3. The van der Waals surface area contributed by atoms with E-state index in [1.165, 1.54) is 11.3 Å². The first-order valence-electron chi connectivity index (χ1n) is 11.2. The molecule has 1 aliphatic heterocycles. The summed E-state index contributed by atoms with van der Waals surface area (Å²) >= 11 is 0. The zero-order valence-corrected chi connectivity index (χ0v) is 17.9. The molecule has 0 spiro atoms. The van der Waals surface area contributed by atoms with Crippen molar-refractivity contribution in [2.75, 3.05) is 29.9 Å². The monoisotopic (exact) mass is 417 g/mol. The number of carbonyl (C=O) groups is 1. The highest BCUT2D eigenvalue weighted by Gasteiger charge is 2.19. The third-order valence-corrected chi connectivity index (χ3v) is 5.88. The highest BCUT2D eigenvalue weighted by Crippen LogP contribution is 2.22. The molecule has 2 heterocycles. The van der Waals surface area contributed by atoms with Gasteiger partial charge in [0.2, 0.25) is 5.91 Å². The predicted octanol–water partition coefficient (Wildman–Crippen LogP) is 4.65. The van der Waals surface area contributed by atoms with Crippen molar-refractivity contribution in [3.63, 3.8) is 0 Å². The normalized spacial score (nSPS) is 14.5. The lowest BCUT2D eigenvalue weighted by Crippen LogP contribution is -2.43. The maximum Gasteiger partial charge on any atom is 0.224 e. The number of nitrogens with one attached hydrogen (secondary N) is 2. The Morgan fingerprint density at radius 1 is 0.935 bits per heavy atom. The lowest BCUT2D eigenvalue weighted by atomic mass is 10.0. The minimum Gasteiger partial charge on any atom is -0.469 e.